The van der Waals surface area contributed by atoms with Crippen LogP contribution in [0.15, 0.2) is 24.3 Å². The van der Waals surface area contributed by atoms with Gasteiger partial charge in [-0.05, 0) is 86.8 Å². The van der Waals surface area contributed by atoms with Crippen LogP contribution in [-0.4, -0.2) is 50.1 Å². The SMILES string of the molecule is O=C(CC12CC3CC(C1)C(C3)C2)Nc1cccc(OCCCCN2CCNCC2)c1. The Morgan fingerprint density at radius 3 is 2.70 bits per heavy atom. The lowest BCUT2D eigenvalue weighted by atomic mass is 9.67. The summed E-state index contributed by atoms with van der Waals surface area (Å²) < 4.78 is 5.95. The summed E-state index contributed by atoms with van der Waals surface area (Å²) in [6.07, 6.45) is 9.66. The first-order chi connectivity index (χ1) is 14.7. The molecule has 5 aliphatic rings. The summed E-state index contributed by atoms with van der Waals surface area (Å²) in [5.41, 5.74) is 1.17. The van der Waals surface area contributed by atoms with Crippen LogP contribution in [-0.2, 0) is 4.79 Å². The Bertz CT molecular complexity index is 726. The Hall–Kier alpha value is -1.59. The van der Waals surface area contributed by atoms with Crippen LogP contribution in [0.2, 0.25) is 0 Å². The highest BCUT2D eigenvalue weighted by Crippen LogP contribution is 2.65. The number of carbonyl (C=O) groups excluding carboxylic acids is 1. The average molecular weight is 412 g/mol. The maximum atomic E-state index is 12.8. The second kappa shape index (κ2) is 8.88. The third-order valence-electron chi connectivity index (χ3n) is 8.05. The van der Waals surface area contributed by atoms with Crippen LogP contribution in [0.25, 0.3) is 0 Å². The molecule has 5 nitrogen and oxygen atoms in total. The van der Waals surface area contributed by atoms with Gasteiger partial charge in [-0.1, -0.05) is 6.07 Å². The van der Waals surface area contributed by atoms with Gasteiger partial charge in [0.25, 0.3) is 0 Å². The van der Waals surface area contributed by atoms with E-state index in [9.17, 15) is 4.79 Å². The highest BCUT2D eigenvalue weighted by Gasteiger charge is 2.56. The third kappa shape index (κ3) is 4.67. The van der Waals surface area contributed by atoms with Crippen molar-refractivity contribution in [3.05, 3.63) is 24.3 Å². The van der Waals surface area contributed by atoms with Crippen LogP contribution in [0.1, 0.15) is 51.4 Å². The first-order valence-corrected chi connectivity index (χ1v) is 12.1. The van der Waals surface area contributed by atoms with Gasteiger partial charge in [-0.3, -0.25) is 4.79 Å². The molecule has 4 aliphatic carbocycles. The number of anilines is 1. The quantitative estimate of drug-likeness (QED) is 0.605. The summed E-state index contributed by atoms with van der Waals surface area (Å²) in [4.78, 5) is 15.3. The highest BCUT2D eigenvalue weighted by molar-refractivity contribution is 5.91. The van der Waals surface area contributed by atoms with E-state index in [1.165, 1.54) is 38.5 Å². The van der Waals surface area contributed by atoms with Crippen LogP contribution < -0.4 is 15.4 Å². The zero-order valence-electron chi connectivity index (χ0n) is 18.2. The van der Waals surface area contributed by atoms with Gasteiger partial charge >= 0.3 is 0 Å². The average Bonchev–Trinajstić information content (AvgIpc) is 3.14. The molecule has 2 N–H and O–H groups in total. The third-order valence-corrected chi connectivity index (χ3v) is 8.05. The first kappa shape index (κ1) is 20.3. The Balaban J connectivity index is 1.05. The number of rotatable bonds is 9. The number of unbranched alkanes of at least 4 members (excludes halogenated alkanes) is 1. The molecular formula is C25H37N3O2. The van der Waals surface area contributed by atoms with Crippen LogP contribution >= 0.6 is 0 Å². The van der Waals surface area contributed by atoms with Crippen molar-refractivity contribution in [3.8, 4) is 5.75 Å². The smallest absolute Gasteiger partial charge is 0.224 e. The Morgan fingerprint density at radius 2 is 1.93 bits per heavy atom. The number of hydrogen-bond donors (Lipinski definition) is 2. The fraction of sp³-hybridized carbons (Fsp3) is 0.720. The van der Waals surface area contributed by atoms with Gasteiger partial charge in [0, 0.05) is 44.4 Å². The summed E-state index contributed by atoms with van der Waals surface area (Å²) in [6.45, 7) is 6.43. The van der Waals surface area contributed by atoms with E-state index in [1.54, 1.807) is 0 Å². The van der Waals surface area contributed by atoms with E-state index in [0.717, 1.165) is 74.9 Å². The molecule has 4 bridgehead atoms. The second-order valence-corrected chi connectivity index (χ2v) is 10.4. The van der Waals surface area contributed by atoms with Crippen LogP contribution in [0.4, 0.5) is 5.69 Å². The molecule has 1 aromatic rings. The Labute approximate surface area is 180 Å². The minimum Gasteiger partial charge on any atom is -0.494 e. The lowest BCUT2D eigenvalue weighted by Gasteiger charge is -2.37. The minimum absolute atomic E-state index is 0.185. The van der Waals surface area contributed by atoms with E-state index in [0.29, 0.717) is 11.8 Å². The van der Waals surface area contributed by atoms with Crippen molar-refractivity contribution in [2.45, 2.75) is 51.4 Å². The first-order valence-electron chi connectivity index (χ1n) is 12.1. The molecule has 5 heteroatoms. The van der Waals surface area contributed by atoms with Crippen molar-refractivity contribution < 1.29 is 9.53 Å². The maximum Gasteiger partial charge on any atom is 0.224 e. The van der Waals surface area contributed by atoms with Crippen LogP contribution in [0.5, 0.6) is 5.75 Å². The van der Waals surface area contributed by atoms with Crippen LogP contribution in [0.3, 0.4) is 0 Å². The molecule has 1 aromatic carbocycles. The van der Waals surface area contributed by atoms with Crippen molar-refractivity contribution >= 4 is 11.6 Å². The van der Waals surface area contributed by atoms with Gasteiger partial charge in [-0.15, -0.1) is 0 Å². The molecule has 5 fully saturated rings. The summed E-state index contributed by atoms with van der Waals surface area (Å²) in [6, 6.07) is 7.91. The molecular weight excluding hydrogens is 374 g/mol. The fourth-order valence-electron chi connectivity index (χ4n) is 6.97. The summed E-state index contributed by atoms with van der Waals surface area (Å²) in [5, 5.41) is 6.54. The second-order valence-electron chi connectivity index (χ2n) is 10.4. The molecule has 164 valence electrons. The number of hydrogen-bond acceptors (Lipinski definition) is 4. The van der Waals surface area contributed by atoms with Crippen molar-refractivity contribution in [1.82, 2.24) is 10.2 Å². The lowest BCUT2D eigenvalue weighted by Crippen LogP contribution is -2.43. The Morgan fingerprint density at radius 1 is 1.13 bits per heavy atom. The van der Waals surface area contributed by atoms with E-state index in [4.69, 9.17) is 4.74 Å². The lowest BCUT2D eigenvalue weighted by molar-refractivity contribution is -0.119. The Kier molecular flexibility index (Phi) is 6.01. The molecule has 0 radical (unpaired) electrons. The van der Waals surface area contributed by atoms with Gasteiger partial charge in [-0.2, -0.15) is 0 Å². The number of amides is 1. The van der Waals surface area contributed by atoms with Crippen molar-refractivity contribution in [3.63, 3.8) is 0 Å². The molecule has 0 spiro atoms. The van der Waals surface area contributed by atoms with Gasteiger partial charge in [0.05, 0.1) is 6.61 Å². The summed E-state index contributed by atoms with van der Waals surface area (Å²) >= 11 is 0. The topological polar surface area (TPSA) is 53.6 Å². The van der Waals surface area contributed by atoms with E-state index >= 15 is 0 Å². The van der Waals surface area contributed by atoms with E-state index < -0.39 is 0 Å². The van der Waals surface area contributed by atoms with E-state index in [2.05, 4.69) is 15.5 Å². The molecule has 2 unspecified atom stereocenters. The number of piperazine rings is 1. The minimum atomic E-state index is 0.185. The summed E-state index contributed by atoms with van der Waals surface area (Å²) in [5.74, 6) is 3.77. The fourth-order valence-corrected chi connectivity index (χ4v) is 6.97. The predicted molar refractivity (Wildman–Crippen MR) is 120 cm³/mol. The van der Waals surface area contributed by atoms with Gasteiger partial charge in [0.1, 0.15) is 5.75 Å². The number of ether oxygens (including phenoxy) is 1. The van der Waals surface area contributed by atoms with Gasteiger partial charge in [0.15, 0.2) is 0 Å². The standard InChI is InChI=1S/C25H37N3O2/c29-24(18-25-15-19-12-20(16-25)21(13-19)17-25)27-22-4-3-5-23(14-22)30-11-2-1-8-28-9-6-26-7-10-28/h3-5,14,19-21,26H,1-2,6-13,15-18H2,(H,27,29). The molecule has 6 rings (SSSR count). The van der Waals surface area contributed by atoms with Crippen molar-refractivity contribution in [2.75, 3.05) is 44.6 Å². The number of nitrogens with one attached hydrogen (secondary N) is 2. The number of nitrogens with zero attached hydrogens (tertiary/aromatic N) is 1. The van der Waals surface area contributed by atoms with Gasteiger partial charge < -0.3 is 20.3 Å². The van der Waals surface area contributed by atoms with Crippen molar-refractivity contribution in [2.24, 2.45) is 23.2 Å². The summed E-state index contributed by atoms with van der Waals surface area (Å²) in [7, 11) is 0. The number of benzene rings is 1. The molecule has 1 aliphatic heterocycles. The highest BCUT2D eigenvalue weighted by atomic mass is 16.5. The number of carbonyl (C=O) groups is 1. The molecule has 0 aromatic heterocycles. The van der Waals surface area contributed by atoms with Gasteiger partial charge in [0.2, 0.25) is 5.91 Å². The van der Waals surface area contributed by atoms with Crippen molar-refractivity contribution in [1.29, 1.82) is 0 Å². The monoisotopic (exact) mass is 411 g/mol. The van der Waals surface area contributed by atoms with Crippen LogP contribution in [0, 0.1) is 23.2 Å². The molecule has 1 amide bonds. The molecule has 30 heavy (non-hydrogen) atoms. The normalized spacial score (nSPS) is 32.5. The molecule has 4 saturated carbocycles. The molecule has 1 heterocycles. The molecule has 1 saturated heterocycles. The van der Waals surface area contributed by atoms with E-state index in [1.807, 2.05) is 24.3 Å². The maximum absolute atomic E-state index is 12.8. The largest absolute Gasteiger partial charge is 0.494 e. The zero-order valence-corrected chi connectivity index (χ0v) is 18.2. The molecule has 2 atom stereocenters. The zero-order chi connectivity index (χ0) is 20.4. The van der Waals surface area contributed by atoms with Gasteiger partial charge in [-0.25, -0.2) is 0 Å². The predicted octanol–water partition coefficient (Wildman–Crippen LogP) is 3.91. The van der Waals surface area contributed by atoms with E-state index in [-0.39, 0.29) is 5.91 Å².